The maximum atomic E-state index is 13.3. The molecular formula is C13H16F2N2O. The molecule has 1 heterocycles. The summed E-state index contributed by atoms with van der Waals surface area (Å²) in [5.41, 5.74) is -0.0120. The van der Waals surface area contributed by atoms with Crippen molar-refractivity contribution in [1.82, 2.24) is 0 Å². The molecule has 1 N–H and O–H groups in total. The summed E-state index contributed by atoms with van der Waals surface area (Å²) in [6, 6.07) is 2.03. The van der Waals surface area contributed by atoms with E-state index in [1.807, 2.05) is 13.8 Å². The van der Waals surface area contributed by atoms with Crippen LogP contribution in [0.5, 0.6) is 0 Å². The van der Waals surface area contributed by atoms with Crippen LogP contribution in [0.3, 0.4) is 0 Å². The maximum Gasteiger partial charge on any atom is 0.252 e. The van der Waals surface area contributed by atoms with Crippen molar-refractivity contribution < 1.29 is 13.6 Å². The summed E-state index contributed by atoms with van der Waals surface area (Å²) in [4.78, 5) is 13.8. The maximum absolute atomic E-state index is 13.3. The first-order valence-electron chi connectivity index (χ1n) is 5.85. The third kappa shape index (κ3) is 1.83. The second-order valence-electron chi connectivity index (χ2n) is 5.30. The fourth-order valence-corrected chi connectivity index (χ4v) is 2.15. The van der Waals surface area contributed by atoms with Crippen LogP contribution < -0.4 is 10.2 Å². The van der Waals surface area contributed by atoms with Gasteiger partial charge in [0, 0.05) is 18.2 Å². The van der Waals surface area contributed by atoms with Gasteiger partial charge in [-0.2, -0.15) is 0 Å². The Hall–Kier alpha value is -1.65. The molecule has 0 unspecified atom stereocenters. The molecular weight excluding hydrogens is 238 g/mol. The van der Waals surface area contributed by atoms with Crippen LogP contribution in [0.4, 0.5) is 20.2 Å². The lowest BCUT2D eigenvalue weighted by atomic mass is 9.96. The van der Waals surface area contributed by atoms with Crippen molar-refractivity contribution in [1.29, 1.82) is 0 Å². The van der Waals surface area contributed by atoms with Gasteiger partial charge < -0.3 is 10.2 Å². The molecule has 1 aliphatic rings. The number of nitrogens with one attached hydrogen (secondary N) is 1. The van der Waals surface area contributed by atoms with Gasteiger partial charge in [-0.3, -0.25) is 4.79 Å². The number of amides is 1. The number of fused-ring (bicyclic) bond motifs is 1. The van der Waals surface area contributed by atoms with E-state index in [2.05, 4.69) is 5.32 Å². The molecule has 3 nitrogen and oxygen atoms in total. The molecule has 98 valence electrons. The highest BCUT2D eigenvalue weighted by atomic mass is 19.2. The van der Waals surface area contributed by atoms with Crippen molar-refractivity contribution in [2.75, 3.05) is 10.2 Å². The second kappa shape index (κ2) is 3.93. The number of hydrogen-bond acceptors (Lipinski definition) is 2. The zero-order chi connectivity index (χ0) is 13.7. The Morgan fingerprint density at radius 3 is 2.33 bits per heavy atom. The number of carbonyl (C=O) groups excluding carboxylic acids is 1. The van der Waals surface area contributed by atoms with Crippen molar-refractivity contribution in [3.05, 3.63) is 23.8 Å². The fraction of sp³-hybridized carbons (Fsp3) is 0.462. The van der Waals surface area contributed by atoms with E-state index in [9.17, 15) is 13.6 Å². The summed E-state index contributed by atoms with van der Waals surface area (Å²) in [6.07, 6.45) is 0. The number of rotatable bonds is 1. The summed E-state index contributed by atoms with van der Waals surface area (Å²) in [5.74, 6) is -2.03. The topological polar surface area (TPSA) is 32.3 Å². The second-order valence-corrected chi connectivity index (χ2v) is 5.30. The van der Waals surface area contributed by atoms with Gasteiger partial charge in [0.25, 0.3) is 5.91 Å². The minimum atomic E-state index is -0.950. The average Bonchev–Trinajstić information content (AvgIpc) is 2.22. The molecule has 0 fully saturated rings. The summed E-state index contributed by atoms with van der Waals surface area (Å²) in [7, 11) is 0. The van der Waals surface area contributed by atoms with Crippen LogP contribution in [0.25, 0.3) is 0 Å². The Bertz CT molecular complexity index is 512. The van der Waals surface area contributed by atoms with E-state index in [1.54, 1.807) is 13.8 Å². The Morgan fingerprint density at radius 1 is 1.22 bits per heavy atom. The van der Waals surface area contributed by atoms with Crippen molar-refractivity contribution in [3.8, 4) is 0 Å². The molecule has 0 saturated carbocycles. The first kappa shape index (κ1) is 12.8. The lowest BCUT2D eigenvalue weighted by Crippen LogP contribution is -2.56. The molecule has 0 radical (unpaired) electrons. The van der Waals surface area contributed by atoms with Gasteiger partial charge in [-0.25, -0.2) is 8.78 Å². The Morgan fingerprint density at radius 2 is 1.78 bits per heavy atom. The minimum Gasteiger partial charge on any atom is -0.370 e. The van der Waals surface area contributed by atoms with Crippen LogP contribution in [0.2, 0.25) is 0 Å². The lowest BCUT2D eigenvalue weighted by Gasteiger charge is -2.41. The molecule has 1 aromatic carbocycles. The number of hydrogen-bond donors (Lipinski definition) is 1. The zero-order valence-corrected chi connectivity index (χ0v) is 10.8. The fourth-order valence-electron chi connectivity index (χ4n) is 2.15. The standard InChI is InChI=1S/C13H16F2N2O/c1-7(2)17-11-6-9(15)8(14)5-10(11)16-13(3,4)12(17)18/h5-7,16H,1-4H3. The van der Waals surface area contributed by atoms with Crippen LogP contribution in [-0.2, 0) is 4.79 Å². The van der Waals surface area contributed by atoms with Gasteiger partial charge >= 0.3 is 0 Å². The highest BCUT2D eigenvalue weighted by molar-refractivity contribution is 6.07. The van der Waals surface area contributed by atoms with Crippen molar-refractivity contribution in [3.63, 3.8) is 0 Å². The molecule has 2 rings (SSSR count). The minimum absolute atomic E-state index is 0.123. The Balaban J connectivity index is 2.64. The van der Waals surface area contributed by atoms with E-state index in [1.165, 1.54) is 4.90 Å². The van der Waals surface area contributed by atoms with Gasteiger partial charge in [0.2, 0.25) is 0 Å². The van der Waals surface area contributed by atoms with Crippen LogP contribution >= 0.6 is 0 Å². The molecule has 5 heteroatoms. The molecule has 0 bridgehead atoms. The van der Waals surface area contributed by atoms with Gasteiger partial charge in [0.15, 0.2) is 11.6 Å². The Kier molecular flexibility index (Phi) is 2.80. The smallest absolute Gasteiger partial charge is 0.252 e. The van der Waals surface area contributed by atoms with E-state index < -0.39 is 17.2 Å². The molecule has 1 aromatic rings. The highest BCUT2D eigenvalue weighted by Crippen LogP contribution is 2.37. The molecule has 0 aromatic heterocycles. The number of anilines is 2. The van der Waals surface area contributed by atoms with E-state index in [0.29, 0.717) is 11.4 Å². The van der Waals surface area contributed by atoms with Gasteiger partial charge in [0.1, 0.15) is 5.54 Å². The highest BCUT2D eigenvalue weighted by Gasteiger charge is 2.40. The number of nitrogens with zero attached hydrogens (tertiary/aromatic N) is 1. The van der Waals surface area contributed by atoms with E-state index >= 15 is 0 Å². The number of halogens is 2. The molecule has 1 amide bonds. The SMILES string of the molecule is CC(C)N1C(=O)C(C)(C)Nc2cc(F)c(F)cc21. The number of benzene rings is 1. The first-order chi connectivity index (χ1) is 8.24. The molecule has 0 aliphatic carbocycles. The summed E-state index contributed by atoms with van der Waals surface area (Å²) >= 11 is 0. The normalized spacial score (nSPS) is 17.7. The Labute approximate surface area is 105 Å². The lowest BCUT2D eigenvalue weighted by molar-refractivity contribution is -0.122. The van der Waals surface area contributed by atoms with Crippen LogP contribution in [0.15, 0.2) is 12.1 Å². The van der Waals surface area contributed by atoms with Crippen molar-refractivity contribution in [2.24, 2.45) is 0 Å². The summed E-state index contributed by atoms with van der Waals surface area (Å²) < 4.78 is 26.6. The number of carbonyl (C=O) groups is 1. The molecule has 1 aliphatic heterocycles. The van der Waals surface area contributed by atoms with Gasteiger partial charge in [-0.05, 0) is 27.7 Å². The molecule has 0 spiro atoms. The van der Waals surface area contributed by atoms with Crippen molar-refractivity contribution >= 4 is 17.3 Å². The summed E-state index contributed by atoms with van der Waals surface area (Å²) in [6.45, 7) is 7.11. The van der Waals surface area contributed by atoms with Crippen LogP contribution in [0.1, 0.15) is 27.7 Å². The predicted molar refractivity (Wildman–Crippen MR) is 66.7 cm³/mol. The first-order valence-corrected chi connectivity index (χ1v) is 5.85. The molecule has 18 heavy (non-hydrogen) atoms. The zero-order valence-electron chi connectivity index (χ0n) is 10.8. The van der Waals surface area contributed by atoms with Crippen LogP contribution in [0, 0.1) is 11.6 Å². The van der Waals surface area contributed by atoms with Crippen LogP contribution in [-0.4, -0.2) is 17.5 Å². The van der Waals surface area contributed by atoms with Gasteiger partial charge in [-0.1, -0.05) is 0 Å². The quantitative estimate of drug-likeness (QED) is 0.835. The van der Waals surface area contributed by atoms with Gasteiger partial charge in [-0.15, -0.1) is 0 Å². The molecule has 0 saturated heterocycles. The monoisotopic (exact) mass is 254 g/mol. The van der Waals surface area contributed by atoms with Gasteiger partial charge in [0.05, 0.1) is 11.4 Å². The van der Waals surface area contributed by atoms with E-state index in [-0.39, 0.29) is 11.9 Å². The van der Waals surface area contributed by atoms with E-state index in [0.717, 1.165) is 12.1 Å². The largest absolute Gasteiger partial charge is 0.370 e. The van der Waals surface area contributed by atoms with Crippen molar-refractivity contribution in [2.45, 2.75) is 39.3 Å². The third-order valence-electron chi connectivity index (χ3n) is 3.02. The van der Waals surface area contributed by atoms with E-state index in [4.69, 9.17) is 0 Å². The molecule has 0 atom stereocenters. The average molecular weight is 254 g/mol. The predicted octanol–water partition coefficient (Wildman–Crippen LogP) is 2.91. The third-order valence-corrected chi connectivity index (χ3v) is 3.02. The summed E-state index contributed by atoms with van der Waals surface area (Å²) in [5, 5.41) is 2.94.